The molecule has 1 aromatic rings. The molecule has 1 aliphatic rings. The number of methoxy groups -OCH3 is 1. The number of carbonyl (C=O) groups excluding carboxylic acids is 1. The average Bonchev–Trinajstić information content (AvgIpc) is 2.84. The lowest BCUT2D eigenvalue weighted by Crippen LogP contribution is -2.34. The Labute approximate surface area is 124 Å². The van der Waals surface area contributed by atoms with E-state index in [9.17, 15) is 13.2 Å². The van der Waals surface area contributed by atoms with Gasteiger partial charge in [-0.3, -0.25) is 4.79 Å². The van der Waals surface area contributed by atoms with Crippen LogP contribution in [0, 0.1) is 5.92 Å². The Kier molecular flexibility index (Phi) is 5.06. The maximum Gasteiger partial charge on any atom is 0.224 e. The van der Waals surface area contributed by atoms with Crippen LogP contribution in [-0.4, -0.2) is 46.1 Å². The Hall–Kier alpha value is -1.76. The molecular formula is C14H19NO5S. The van der Waals surface area contributed by atoms with Gasteiger partial charge in [0.25, 0.3) is 0 Å². The summed E-state index contributed by atoms with van der Waals surface area (Å²) in [4.78, 5) is 11.8. The zero-order valence-corrected chi connectivity index (χ0v) is 12.7. The molecule has 1 N–H and O–H groups in total. The number of sulfone groups is 1. The second-order valence-corrected chi connectivity index (χ2v) is 7.14. The Morgan fingerprint density at radius 1 is 1.29 bits per heavy atom. The predicted octanol–water partition coefficient (Wildman–Crippen LogP) is 0.625. The van der Waals surface area contributed by atoms with Gasteiger partial charge in [0.05, 0.1) is 31.1 Å². The minimum Gasteiger partial charge on any atom is -0.497 e. The van der Waals surface area contributed by atoms with Crippen molar-refractivity contribution in [3.05, 3.63) is 24.3 Å². The third-order valence-electron chi connectivity index (χ3n) is 3.33. The van der Waals surface area contributed by atoms with E-state index in [0.717, 1.165) is 5.75 Å². The average molecular weight is 313 g/mol. The lowest BCUT2D eigenvalue weighted by atomic mass is 10.1. The van der Waals surface area contributed by atoms with Crippen LogP contribution in [0.5, 0.6) is 11.5 Å². The Morgan fingerprint density at radius 3 is 2.52 bits per heavy atom. The molecule has 1 atom stereocenters. The Balaban J connectivity index is 1.68. The van der Waals surface area contributed by atoms with Gasteiger partial charge in [0.15, 0.2) is 9.84 Å². The van der Waals surface area contributed by atoms with Crippen LogP contribution in [-0.2, 0) is 14.6 Å². The molecule has 0 saturated carbocycles. The van der Waals surface area contributed by atoms with Gasteiger partial charge in [-0.1, -0.05) is 0 Å². The highest BCUT2D eigenvalue weighted by Crippen LogP contribution is 2.18. The lowest BCUT2D eigenvalue weighted by Gasteiger charge is -2.10. The number of nitrogens with one attached hydrogen (secondary N) is 1. The van der Waals surface area contributed by atoms with Gasteiger partial charge in [-0.05, 0) is 30.7 Å². The van der Waals surface area contributed by atoms with Crippen molar-refractivity contribution in [1.82, 2.24) is 5.32 Å². The summed E-state index contributed by atoms with van der Waals surface area (Å²) in [5, 5.41) is 2.70. The summed E-state index contributed by atoms with van der Waals surface area (Å²) < 4.78 is 33.1. The number of carbonyl (C=O) groups is 1. The zero-order valence-electron chi connectivity index (χ0n) is 11.9. The molecule has 0 aliphatic carbocycles. The first kappa shape index (κ1) is 15.6. The standard InChI is InChI=1S/C14H19NO5S/c1-19-12-2-4-13(5-3-12)20-8-7-15-14(16)11-6-9-21(17,18)10-11/h2-5,11H,6-10H2,1H3,(H,15,16)/t11-/m0/s1. The van der Waals surface area contributed by atoms with Crippen LogP contribution in [0.4, 0.5) is 0 Å². The largest absolute Gasteiger partial charge is 0.497 e. The van der Waals surface area contributed by atoms with E-state index in [1.54, 1.807) is 31.4 Å². The Bertz CT molecular complexity index is 582. The minimum absolute atomic E-state index is 0.0435. The summed E-state index contributed by atoms with van der Waals surface area (Å²) in [6, 6.07) is 7.14. The number of benzene rings is 1. The number of rotatable bonds is 6. The molecule has 21 heavy (non-hydrogen) atoms. The van der Waals surface area contributed by atoms with E-state index in [2.05, 4.69) is 5.32 Å². The van der Waals surface area contributed by atoms with E-state index < -0.39 is 15.8 Å². The van der Waals surface area contributed by atoms with Gasteiger partial charge in [0, 0.05) is 0 Å². The summed E-state index contributed by atoms with van der Waals surface area (Å²) in [6.45, 7) is 0.680. The normalized spacial score (nSPS) is 20.0. The van der Waals surface area contributed by atoms with Gasteiger partial charge in [-0.25, -0.2) is 8.42 Å². The van der Waals surface area contributed by atoms with Crippen molar-refractivity contribution in [2.45, 2.75) is 6.42 Å². The lowest BCUT2D eigenvalue weighted by molar-refractivity contribution is -0.124. The smallest absolute Gasteiger partial charge is 0.224 e. The number of hydrogen-bond acceptors (Lipinski definition) is 5. The van der Waals surface area contributed by atoms with Crippen molar-refractivity contribution in [2.24, 2.45) is 5.92 Å². The predicted molar refractivity (Wildman–Crippen MR) is 78.3 cm³/mol. The topological polar surface area (TPSA) is 81.7 Å². The van der Waals surface area contributed by atoms with Crippen molar-refractivity contribution in [2.75, 3.05) is 31.8 Å². The minimum atomic E-state index is -3.02. The summed E-state index contributed by atoms with van der Waals surface area (Å²) in [5.41, 5.74) is 0. The van der Waals surface area contributed by atoms with Crippen LogP contribution < -0.4 is 14.8 Å². The highest BCUT2D eigenvalue weighted by molar-refractivity contribution is 7.91. The second-order valence-electron chi connectivity index (χ2n) is 4.91. The number of hydrogen-bond donors (Lipinski definition) is 1. The number of amides is 1. The van der Waals surface area contributed by atoms with E-state index >= 15 is 0 Å². The molecular weight excluding hydrogens is 294 g/mol. The van der Waals surface area contributed by atoms with Crippen molar-refractivity contribution in [1.29, 1.82) is 0 Å². The van der Waals surface area contributed by atoms with Crippen molar-refractivity contribution >= 4 is 15.7 Å². The van der Waals surface area contributed by atoms with Gasteiger partial charge < -0.3 is 14.8 Å². The molecule has 1 aliphatic heterocycles. The van der Waals surface area contributed by atoms with E-state index in [4.69, 9.17) is 9.47 Å². The SMILES string of the molecule is COc1ccc(OCCNC(=O)[C@H]2CCS(=O)(=O)C2)cc1. The molecule has 1 amide bonds. The number of ether oxygens (including phenoxy) is 2. The molecule has 1 saturated heterocycles. The third kappa shape index (κ3) is 4.63. The fourth-order valence-corrected chi connectivity index (χ4v) is 3.90. The molecule has 1 heterocycles. The van der Waals surface area contributed by atoms with Gasteiger partial charge in [0.2, 0.25) is 5.91 Å². The fraction of sp³-hybridized carbons (Fsp3) is 0.500. The molecule has 1 aromatic carbocycles. The zero-order chi connectivity index (χ0) is 15.3. The first-order valence-corrected chi connectivity index (χ1v) is 8.57. The quantitative estimate of drug-likeness (QED) is 0.779. The van der Waals surface area contributed by atoms with Gasteiger partial charge in [0.1, 0.15) is 18.1 Å². The van der Waals surface area contributed by atoms with Crippen LogP contribution in [0.1, 0.15) is 6.42 Å². The van der Waals surface area contributed by atoms with Gasteiger partial charge in [-0.2, -0.15) is 0 Å². The molecule has 1 fully saturated rings. The molecule has 2 rings (SSSR count). The second kappa shape index (κ2) is 6.80. The first-order valence-electron chi connectivity index (χ1n) is 6.75. The third-order valence-corrected chi connectivity index (χ3v) is 5.10. The highest BCUT2D eigenvalue weighted by Gasteiger charge is 2.32. The van der Waals surface area contributed by atoms with Gasteiger partial charge >= 0.3 is 0 Å². The Morgan fingerprint density at radius 2 is 1.95 bits per heavy atom. The summed E-state index contributed by atoms with van der Waals surface area (Å²) >= 11 is 0. The van der Waals surface area contributed by atoms with Crippen molar-refractivity contribution in [3.8, 4) is 11.5 Å². The summed E-state index contributed by atoms with van der Waals surface area (Å²) in [6.07, 6.45) is 0.410. The molecule has 116 valence electrons. The van der Waals surface area contributed by atoms with Gasteiger partial charge in [-0.15, -0.1) is 0 Å². The summed E-state index contributed by atoms with van der Waals surface area (Å²) in [5.74, 6) is 0.864. The molecule has 0 aromatic heterocycles. The van der Waals surface area contributed by atoms with Crippen LogP contribution in [0.15, 0.2) is 24.3 Å². The van der Waals surface area contributed by atoms with E-state index in [1.165, 1.54) is 0 Å². The van der Waals surface area contributed by atoms with Crippen LogP contribution in [0.2, 0.25) is 0 Å². The molecule has 7 heteroatoms. The molecule has 0 spiro atoms. The van der Waals surface area contributed by atoms with E-state index in [0.29, 0.717) is 25.3 Å². The molecule has 6 nitrogen and oxygen atoms in total. The molecule has 0 radical (unpaired) electrons. The van der Waals surface area contributed by atoms with E-state index in [-0.39, 0.29) is 17.4 Å². The van der Waals surface area contributed by atoms with Crippen LogP contribution >= 0.6 is 0 Å². The first-order chi connectivity index (χ1) is 10.00. The highest BCUT2D eigenvalue weighted by atomic mass is 32.2. The fourth-order valence-electron chi connectivity index (χ4n) is 2.16. The molecule has 0 bridgehead atoms. The maximum absolute atomic E-state index is 11.8. The monoisotopic (exact) mass is 313 g/mol. The van der Waals surface area contributed by atoms with E-state index in [1.807, 2.05) is 0 Å². The summed E-state index contributed by atoms with van der Waals surface area (Å²) in [7, 11) is -1.43. The van der Waals surface area contributed by atoms with Crippen LogP contribution in [0.3, 0.4) is 0 Å². The van der Waals surface area contributed by atoms with Crippen molar-refractivity contribution in [3.63, 3.8) is 0 Å². The maximum atomic E-state index is 11.8. The van der Waals surface area contributed by atoms with Crippen molar-refractivity contribution < 1.29 is 22.7 Å². The molecule has 0 unspecified atom stereocenters. The van der Waals surface area contributed by atoms with Crippen LogP contribution in [0.25, 0.3) is 0 Å².